The largest absolute Gasteiger partial charge is 0.368 e. The zero-order valence-corrected chi connectivity index (χ0v) is 14.9. The summed E-state index contributed by atoms with van der Waals surface area (Å²) in [5, 5.41) is 5.77. The van der Waals surface area contributed by atoms with E-state index in [0.29, 0.717) is 11.4 Å². The Balaban J connectivity index is 2.83. The standard InChI is InChI=1S/C17H24ClN3O3/c1-10(2)7-15(20-11(3)22)17(24)21-14(16(19)23)9-12-5-4-6-13(18)8-12/h4-6,8,10,14-15H,7,9H2,1-3H3,(H2,19,23)(H,20,22)(H,21,24)/t14-,15+/m1/s1. The van der Waals surface area contributed by atoms with Gasteiger partial charge in [0.05, 0.1) is 0 Å². The molecule has 0 unspecified atom stereocenters. The lowest BCUT2D eigenvalue weighted by atomic mass is 10.0. The van der Waals surface area contributed by atoms with E-state index >= 15 is 0 Å². The molecular weight excluding hydrogens is 330 g/mol. The van der Waals surface area contributed by atoms with Crippen LogP contribution in [0.25, 0.3) is 0 Å². The molecule has 6 nitrogen and oxygen atoms in total. The van der Waals surface area contributed by atoms with Gasteiger partial charge in [-0.3, -0.25) is 14.4 Å². The number of nitrogens with one attached hydrogen (secondary N) is 2. The average Bonchev–Trinajstić information content (AvgIpc) is 2.44. The number of hydrogen-bond donors (Lipinski definition) is 3. The maximum Gasteiger partial charge on any atom is 0.243 e. The van der Waals surface area contributed by atoms with Crippen LogP contribution in [0.1, 0.15) is 32.8 Å². The molecule has 0 aliphatic heterocycles. The van der Waals surface area contributed by atoms with Crippen LogP contribution < -0.4 is 16.4 Å². The molecule has 0 heterocycles. The molecule has 0 aliphatic rings. The van der Waals surface area contributed by atoms with Crippen LogP contribution in [0.15, 0.2) is 24.3 Å². The number of nitrogens with two attached hydrogens (primary N) is 1. The van der Waals surface area contributed by atoms with Crippen molar-refractivity contribution < 1.29 is 14.4 Å². The van der Waals surface area contributed by atoms with Crippen LogP contribution in [0.4, 0.5) is 0 Å². The van der Waals surface area contributed by atoms with Crippen molar-refractivity contribution in [2.24, 2.45) is 11.7 Å². The summed E-state index contributed by atoms with van der Waals surface area (Å²) < 4.78 is 0. The number of amides is 3. The van der Waals surface area contributed by atoms with Gasteiger partial charge in [0.25, 0.3) is 0 Å². The highest BCUT2D eigenvalue weighted by Gasteiger charge is 2.25. The minimum absolute atomic E-state index is 0.201. The number of rotatable bonds is 8. The molecule has 0 saturated heterocycles. The fourth-order valence-electron chi connectivity index (χ4n) is 2.34. The van der Waals surface area contributed by atoms with Crippen LogP contribution >= 0.6 is 11.6 Å². The van der Waals surface area contributed by atoms with Gasteiger partial charge in [0.2, 0.25) is 17.7 Å². The average molecular weight is 354 g/mol. The van der Waals surface area contributed by atoms with Gasteiger partial charge in [0, 0.05) is 18.4 Å². The summed E-state index contributed by atoms with van der Waals surface area (Å²) >= 11 is 5.93. The summed E-state index contributed by atoms with van der Waals surface area (Å²) in [6.45, 7) is 5.23. The van der Waals surface area contributed by atoms with Gasteiger partial charge in [0.15, 0.2) is 0 Å². The zero-order chi connectivity index (χ0) is 18.3. The molecule has 0 saturated carbocycles. The molecular formula is C17H24ClN3O3. The highest BCUT2D eigenvalue weighted by Crippen LogP contribution is 2.13. The van der Waals surface area contributed by atoms with E-state index in [1.807, 2.05) is 13.8 Å². The molecule has 0 aliphatic carbocycles. The van der Waals surface area contributed by atoms with Crippen molar-refractivity contribution in [2.75, 3.05) is 0 Å². The smallest absolute Gasteiger partial charge is 0.243 e. The summed E-state index contributed by atoms with van der Waals surface area (Å²) in [4.78, 5) is 35.4. The molecule has 1 rings (SSSR count). The molecule has 7 heteroatoms. The first-order chi connectivity index (χ1) is 11.2. The molecule has 132 valence electrons. The van der Waals surface area contributed by atoms with Crippen molar-refractivity contribution in [1.29, 1.82) is 0 Å². The lowest BCUT2D eigenvalue weighted by Crippen LogP contribution is -2.53. The maximum absolute atomic E-state index is 12.4. The minimum Gasteiger partial charge on any atom is -0.368 e. The van der Waals surface area contributed by atoms with Gasteiger partial charge in [-0.1, -0.05) is 37.6 Å². The number of primary amides is 1. The molecule has 0 spiro atoms. The predicted molar refractivity (Wildman–Crippen MR) is 93.3 cm³/mol. The number of carbonyl (C=O) groups is 3. The quantitative estimate of drug-likeness (QED) is 0.658. The van der Waals surface area contributed by atoms with Crippen molar-refractivity contribution in [3.63, 3.8) is 0 Å². The number of benzene rings is 1. The fourth-order valence-corrected chi connectivity index (χ4v) is 2.56. The monoisotopic (exact) mass is 353 g/mol. The van der Waals surface area contributed by atoms with Gasteiger partial charge < -0.3 is 16.4 Å². The summed E-state index contributed by atoms with van der Waals surface area (Å²) in [6.07, 6.45) is 0.699. The van der Waals surface area contributed by atoms with Gasteiger partial charge in [-0.25, -0.2) is 0 Å². The summed E-state index contributed by atoms with van der Waals surface area (Å²) in [6, 6.07) is 5.41. The van der Waals surface area contributed by atoms with Crippen LogP contribution in [0.3, 0.4) is 0 Å². The first kappa shape index (κ1) is 20.0. The molecule has 0 fully saturated rings. The Morgan fingerprint density at radius 1 is 1.17 bits per heavy atom. The number of halogens is 1. The number of hydrogen-bond acceptors (Lipinski definition) is 3. The van der Waals surface area contributed by atoms with E-state index < -0.39 is 23.9 Å². The Morgan fingerprint density at radius 2 is 1.83 bits per heavy atom. The van der Waals surface area contributed by atoms with Gasteiger partial charge in [0.1, 0.15) is 12.1 Å². The summed E-state index contributed by atoms with van der Waals surface area (Å²) in [5.74, 6) is -1.17. The second-order valence-corrected chi connectivity index (χ2v) is 6.62. The Kier molecular flexibility index (Phi) is 7.71. The SMILES string of the molecule is CC(=O)N[C@@H](CC(C)C)C(=O)N[C@H](Cc1cccc(Cl)c1)C(N)=O. The fraction of sp³-hybridized carbons (Fsp3) is 0.471. The summed E-state index contributed by atoms with van der Waals surface area (Å²) in [7, 11) is 0. The Bertz CT molecular complexity index is 604. The molecule has 0 radical (unpaired) electrons. The second kappa shape index (κ2) is 9.27. The minimum atomic E-state index is -0.876. The first-order valence-corrected chi connectivity index (χ1v) is 8.18. The van der Waals surface area contributed by atoms with Crippen molar-refractivity contribution in [2.45, 2.75) is 45.7 Å². The highest BCUT2D eigenvalue weighted by molar-refractivity contribution is 6.30. The molecule has 1 aromatic carbocycles. The third-order valence-electron chi connectivity index (χ3n) is 3.39. The molecule has 4 N–H and O–H groups in total. The van der Waals surface area contributed by atoms with E-state index in [0.717, 1.165) is 5.56 Å². The van der Waals surface area contributed by atoms with Crippen LogP contribution in [0, 0.1) is 5.92 Å². The van der Waals surface area contributed by atoms with E-state index in [2.05, 4.69) is 10.6 Å². The molecule has 0 bridgehead atoms. The molecule has 24 heavy (non-hydrogen) atoms. The Labute approximate surface area is 147 Å². The van der Waals surface area contributed by atoms with Crippen molar-refractivity contribution in [3.8, 4) is 0 Å². The highest BCUT2D eigenvalue weighted by atomic mass is 35.5. The van der Waals surface area contributed by atoms with Gasteiger partial charge in [-0.15, -0.1) is 0 Å². The molecule has 3 amide bonds. The second-order valence-electron chi connectivity index (χ2n) is 6.18. The predicted octanol–water partition coefficient (Wildman–Crippen LogP) is 1.40. The lowest BCUT2D eigenvalue weighted by molar-refractivity contribution is -0.131. The Morgan fingerprint density at radius 3 is 2.33 bits per heavy atom. The molecule has 2 atom stereocenters. The van der Waals surface area contributed by atoms with Crippen molar-refractivity contribution >= 4 is 29.3 Å². The van der Waals surface area contributed by atoms with Gasteiger partial charge >= 0.3 is 0 Å². The molecule has 0 aromatic heterocycles. The van der Waals surface area contributed by atoms with Gasteiger partial charge in [-0.2, -0.15) is 0 Å². The van der Waals surface area contributed by atoms with Crippen molar-refractivity contribution in [3.05, 3.63) is 34.9 Å². The normalized spacial score (nSPS) is 13.2. The Hall–Kier alpha value is -2.08. The third-order valence-corrected chi connectivity index (χ3v) is 3.62. The third kappa shape index (κ3) is 7.00. The van der Waals surface area contributed by atoms with Crippen LogP contribution in [0.2, 0.25) is 5.02 Å². The van der Waals surface area contributed by atoms with Crippen LogP contribution in [0.5, 0.6) is 0 Å². The van der Waals surface area contributed by atoms with Crippen LogP contribution in [-0.4, -0.2) is 29.8 Å². The van der Waals surface area contributed by atoms with Crippen LogP contribution in [-0.2, 0) is 20.8 Å². The molecule has 1 aromatic rings. The van der Waals surface area contributed by atoms with E-state index in [1.165, 1.54) is 6.92 Å². The zero-order valence-electron chi connectivity index (χ0n) is 14.1. The van der Waals surface area contributed by atoms with E-state index in [9.17, 15) is 14.4 Å². The van der Waals surface area contributed by atoms with E-state index in [4.69, 9.17) is 17.3 Å². The maximum atomic E-state index is 12.4. The van der Waals surface area contributed by atoms with E-state index in [1.54, 1.807) is 24.3 Å². The topological polar surface area (TPSA) is 101 Å². The van der Waals surface area contributed by atoms with Crippen molar-refractivity contribution in [1.82, 2.24) is 10.6 Å². The van der Waals surface area contributed by atoms with Gasteiger partial charge in [-0.05, 0) is 30.0 Å². The lowest BCUT2D eigenvalue weighted by Gasteiger charge is -2.22. The van der Waals surface area contributed by atoms with E-state index in [-0.39, 0.29) is 18.2 Å². The number of carbonyl (C=O) groups excluding carboxylic acids is 3. The first-order valence-electron chi connectivity index (χ1n) is 7.80. The summed E-state index contributed by atoms with van der Waals surface area (Å²) in [5.41, 5.74) is 6.18.